The first-order valence-corrected chi connectivity index (χ1v) is 7.90. The maximum absolute atomic E-state index is 6.01. The van der Waals surface area contributed by atoms with Crippen LogP contribution < -0.4 is 5.32 Å². The molecule has 1 N–H and O–H groups in total. The number of hydrogen-bond acceptors (Lipinski definition) is 3. The normalized spacial score (nSPS) is 44.7. The average Bonchev–Trinajstić information content (AvgIpc) is 2.99. The third-order valence-corrected chi connectivity index (χ3v) is 5.14. The molecular formula is C15H28N2O. The maximum Gasteiger partial charge on any atom is 0.0735 e. The Morgan fingerprint density at radius 2 is 2.17 bits per heavy atom. The Bertz CT molecular complexity index is 284. The van der Waals surface area contributed by atoms with Gasteiger partial charge in [0.2, 0.25) is 0 Å². The topological polar surface area (TPSA) is 24.5 Å². The van der Waals surface area contributed by atoms with Crippen LogP contribution in [0, 0.1) is 5.92 Å². The van der Waals surface area contributed by atoms with Crippen LogP contribution in [0.1, 0.15) is 46.0 Å². The molecule has 2 bridgehead atoms. The fraction of sp³-hybridized carbons (Fsp3) is 1.00. The van der Waals surface area contributed by atoms with Gasteiger partial charge in [0.05, 0.1) is 12.2 Å². The summed E-state index contributed by atoms with van der Waals surface area (Å²) in [6.07, 6.45) is 7.61. The second-order valence-electron chi connectivity index (χ2n) is 6.50. The molecule has 0 aromatic heterocycles. The molecule has 18 heavy (non-hydrogen) atoms. The highest BCUT2D eigenvalue weighted by Gasteiger charge is 2.44. The van der Waals surface area contributed by atoms with Gasteiger partial charge in [-0.1, -0.05) is 13.8 Å². The van der Waals surface area contributed by atoms with Gasteiger partial charge in [0.25, 0.3) is 0 Å². The molecule has 3 saturated heterocycles. The van der Waals surface area contributed by atoms with Gasteiger partial charge in [-0.05, 0) is 44.6 Å². The zero-order valence-corrected chi connectivity index (χ0v) is 11.9. The minimum absolute atomic E-state index is 0.558. The third kappa shape index (κ3) is 2.45. The van der Waals surface area contributed by atoms with Crippen LogP contribution in [0.25, 0.3) is 0 Å². The molecule has 0 spiro atoms. The lowest BCUT2D eigenvalue weighted by Crippen LogP contribution is -2.53. The fourth-order valence-corrected chi connectivity index (χ4v) is 4.11. The molecule has 0 amide bonds. The molecule has 5 atom stereocenters. The Balaban J connectivity index is 1.52. The lowest BCUT2D eigenvalue weighted by Gasteiger charge is -2.42. The van der Waals surface area contributed by atoms with Crippen LogP contribution in [0.3, 0.4) is 0 Å². The van der Waals surface area contributed by atoms with Crippen molar-refractivity contribution in [3.8, 4) is 0 Å². The number of nitrogens with zero attached hydrogens (tertiary/aromatic N) is 1. The van der Waals surface area contributed by atoms with Crippen LogP contribution in [0.5, 0.6) is 0 Å². The summed E-state index contributed by atoms with van der Waals surface area (Å²) in [7, 11) is 0. The zero-order chi connectivity index (χ0) is 12.5. The van der Waals surface area contributed by atoms with Gasteiger partial charge >= 0.3 is 0 Å². The van der Waals surface area contributed by atoms with Gasteiger partial charge < -0.3 is 10.1 Å². The van der Waals surface area contributed by atoms with Gasteiger partial charge in [0, 0.05) is 25.2 Å². The Hall–Kier alpha value is -0.120. The van der Waals surface area contributed by atoms with E-state index in [0.29, 0.717) is 12.2 Å². The first-order chi connectivity index (χ1) is 8.78. The van der Waals surface area contributed by atoms with Gasteiger partial charge in [-0.2, -0.15) is 0 Å². The number of likely N-dealkylation sites (tertiary alicyclic amines) is 1. The fourth-order valence-electron chi connectivity index (χ4n) is 4.11. The number of nitrogens with one attached hydrogen (secondary N) is 1. The number of ether oxygens (including phenoxy) is 1. The lowest BCUT2D eigenvalue weighted by atomic mass is 9.88. The first-order valence-electron chi connectivity index (χ1n) is 7.90. The van der Waals surface area contributed by atoms with Gasteiger partial charge in [-0.15, -0.1) is 0 Å². The summed E-state index contributed by atoms with van der Waals surface area (Å²) in [6.45, 7) is 8.36. The van der Waals surface area contributed by atoms with Crippen molar-refractivity contribution in [3.05, 3.63) is 0 Å². The van der Waals surface area contributed by atoms with E-state index in [9.17, 15) is 0 Å². The Kier molecular flexibility index (Phi) is 3.92. The van der Waals surface area contributed by atoms with E-state index in [4.69, 9.17) is 4.74 Å². The molecule has 0 aromatic carbocycles. The molecule has 3 aliphatic heterocycles. The van der Waals surface area contributed by atoms with Crippen molar-refractivity contribution < 1.29 is 4.74 Å². The minimum atomic E-state index is 0.558. The van der Waals surface area contributed by atoms with E-state index in [2.05, 4.69) is 24.1 Å². The van der Waals surface area contributed by atoms with Crippen LogP contribution in [-0.2, 0) is 4.74 Å². The van der Waals surface area contributed by atoms with E-state index in [1.165, 1.54) is 51.7 Å². The quantitative estimate of drug-likeness (QED) is 0.828. The van der Waals surface area contributed by atoms with E-state index in [1.54, 1.807) is 0 Å². The molecule has 3 rings (SSSR count). The number of fused-ring (bicyclic) bond motifs is 2. The first kappa shape index (κ1) is 12.9. The molecule has 0 aromatic rings. The number of piperidine rings is 1. The molecular weight excluding hydrogens is 224 g/mol. The maximum atomic E-state index is 6.01. The smallest absolute Gasteiger partial charge is 0.0735 e. The Morgan fingerprint density at radius 1 is 1.28 bits per heavy atom. The van der Waals surface area contributed by atoms with Gasteiger partial charge in [-0.25, -0.2) is 0 Å². The lowest BCUT2D eigenvalue weighted by molar-refractivity contribution is 0.0456. The molecule has 0 saturated carbocycles. The van der Waals surface area contributed by atoms with Crippen molar-refractivity contribution in [1.82, 2.24) is 10.2 Å². The molecule has 3 aliphatic rings. The second kappa shape index (κ2) is 5.48. The highest BCUT2D eigenvalue weighted by molar-refractivity contribution is 4.97. The molecule has 5 unspecified atom stereocenters. The van der Waals surface area contributed by atoms with Gasteiger partial charge in [0.15, 0.2) is 0 Å². The van der Waals surface area contributed by atoms with Crippen LogP contribution in [0.2, 0.25) is 0 Å². The van der Waals surface area contributed by atoms with Crippen molar-refractivity contribution in [2.45, 2.75) is 70.2 Å². The molecule has 0 radical (unpaired) electrons. The average molecular weight is 252 g/mol. The SMILES string of the molecule is CCCNC1CCN(C2CC3CCC2O3)CC1C. The summed E-state index contributed by atoms with van der Waals surface area (Å²) >= 11 is 0. The van der Waals surface area contributed by atoms with Crippen LogP contribution in [0.15, 0.2) is 0 Å². The highest BCUT2D eigenvalue weighted by atomic mass is 16.5. The van der Waals surface area contributed by atoms with E-state index >= 15 is 0 Å². The highest BCUT2D eigenvalue weighted by Crippen LogP contribution is 2.38. The summed E-state index contributed by atoms with van der Waals surface area (Å²) in [5, 5.41) is 3.71. The summed E-state index contributed by atoms with van der Waals surface area (Å²) in [6, 6.07) is 1.47. The van der Waals surface area contributed by atoms with Gasteiger partial charge in [-0.3, -0.25) is 4.90 Å². The van der Waals surface area contributed by atoms with Crippen molar-refractivity contribution in [3.63, 3.8) is 0 Å². The van der Waals surface area contributed by atoms with Crippen molar-refractivity contribution in [2.24, 2.45) is 5.92 Å². The summed E-state index contributed by atoms with van der Waals surface area (Å²) < 4.78 is 6.01. The van der Waals surface area contributed by atoms with E-state index in [0.717, 1.165) is 18.0 Å². The number of hydrogen-bond donors (Lipinski definition) is 1. The van der Waals surface area contributed by atoms with Crippen LogP contribution >= 0.6 is 0 Å². The third-order valence-electron chi connectivity index (χ3n) is 5.14. The van der Waals surface area contributed by atoms with Crippen molar-refractivity contribution in [2.75, 3.05) is 19.6 Å². The number of rotatable bonds is 4. The largest absolute Gasteiger partial charge is 0.373 e. The molecule has 0 aliphatic carbocycles. The molecule has 104 valence electrons. The predicted molar refractivity (Wildman–Crippen MR) is 73.7 cm³/mol. The predicted octanol–water partition coefficient (Wildman–Crippen LogP) is 2.02. The molecule has 3 fully saturated rings. The molecule has 3 heteroatoms. The molecule has 3 nitrogen and oxygen atoms in total. The van der Waals surface area contributed by atoms with Crippen LogP contribution in [-0.4, -0.2) is 48.8 Å². The van der Waals surface area contributed by atoms with Gasteiger partial charge in [0.1, 0.15) is 0 Å². The van der Waals surface area contributed by atoms with Crippen molar-refractivity contribution >= 4 is 0 Å². The summed E-state index contributed by atoms with van der Waals surface area (Å²) in [5.74, 6) is 0.782. The summed E-state index contributed by atoms with van der Waals surface area (Å²) in [4.78, 5) is 2.72. The monoisotopic (exact) mass is 252 g/mol. The Morgan fingerprint density at radius 3 is 2.78 bits per heavy atom. The Labute approximate surface area is 111 Å². The van der Waals surface area contributed by atoms with Crippen LogP contribution in [0.4, 0.5) is 0 Å². The second-order valence-corrected chi connectivity index (χ2v) is 6.50. The van der Waals surface area contributed by atoms with E-state index in [-0.39, 0.29) is 0 Å². The van der Waals surface area contributed by atoms with E-state index in [1.807, 2.05) is 0 Å². The summed E-state index contributed by atoms with van der Waals surface area (Å²) in [5.41, 5.74) is 0. The minimum Gasteiger partial charge on any atom is -0.373 e. The van der Waals surface area contributed by atoms with Crippen molar-refractivity contribution in [1.29, 1.82) is 0 Å². The standard InChI is InChI=1S/C15H28N2O/c1-3-7-16-13-6-8-17(10-11(13)2)14-9-12-4-5-15(14)18-12/h11-16H,3-10H2,1-2H3. The zero-order valence-electron chi connectivity index (χ0n) is 11.9. The molecule has 3 heterocycles. The van der Waals surface area contributed by atoms with E-state index < -0.39 is 0 Å².